The Morgan fingerprint density at radius 3 is 1.38 bits per heavy atom. The molecule has 4 nitrogen and oxygen atoms in total. The molecule has 1 saturated heterocycles. The van der Waals surface area contributed by atoms with Gasteiger partial charge in [-0.2, -0.15) is 0 Å². The number of fused-ring (bicyclic) bond motifs is 1. The predicted molar refractivity (Wildman–Crippen MR) is 124 cm³/mol. The van der Waals surface area contributed by atoms with Gasteiger partial charge in [0.25, 0.3) is 0 Å². The third-order valence-corrected chi connectivity index (χ3v) is 6.67. The molecular formula is C25H36N4. The van der Waals surface area contributed by atoms with Crippen molar-refractivity contribution in [3.8, 4) is 0 Å². The molecule has 1 aliphatic heterocycles. The zero-order chi connectivity index (χ0) is 20.4. The topological polar surface area (TPSA) is 13.0 Å². The number of hydrogen-bond donors (Lipinski definition) is 0. The van der Waals surface area contributed by atoms with Gasteiger partial charge in [-0.05, 0) is 48.2 Å². The van der Waals surface area contributed by atoms with Crippen molar-refractivity contribution in [1.82, 2.24) is 9.80 Å². The van der Waals surface area contributed by atoms with Gasteiger partial charge in [0.15, 0.2) is 0 Å². The molecule has 0 amide bonds. The number of rotatable bonds is 6. The minimum atomic E-state index is 0.707. The predicted octanol–water partition coefficient (Wildman–Crippen LogP) is 4.41. The molecule has 2 fully saturated rings. The van der Waals surface area contributed by atoms with E-state index in [4.69, 9.17) is 0 Å². The van der Waals surface area contributed by atoms with Crippen molar-refractivity contribution in [2.24, 2.45) is 0 Å². The van der Waals surface area contributed by atoms with Crippen molar-refractivity contribution in [2.45, 2.75) is 50.9 Å². The van der Waals surface area contributed by atoms with Crippen molar-refractivity contribution in [2.75, 3.05) is 44.7 Å². The highest BCUT2D eigenvalue weighted by molar-refractivity contribution is 5.46. The summed E-state index contributed by atoms with van der Waals surface area (Å²) in [5.74, 6) is 0. The quantitative estimate of drug-likeness (QED) is 0.722. The van der Waals surface area contributed by atoms with Gasteiger partial charge < -0.3 is 9.80 Å². The van der Waals surface area contributed by atoms with E-state index in [1.807, 2.05) is 0 Å². The summed E-state index contributed by atoms with van der Waals surface area (Å²) in [5.41, 5.74) is 5.40. The van der Waals surface area contributed by atoms with Gasteiger partial charge in [0, 0.05) is 64.7 Å². The van der Waals surface area contributed by atoms with Crippen molar-refractivity contribution in [1.29, 1.82) is 0 Å². The molecule has 4 rings (SSSR count). The van der Waals surface area contributed by atoms with Gasteiger partial charge in [-0.1, -0.05) is 37.1 Å². The van der Waals surface area contributed by atoms with Crippen LogP contribution in [-0.2, 0) is 13.1 Å². The standard InChI is InChI=1S/C25H36N4/c1-26(2)22-13-9-20(10-14-22)17-28-19-29(25-8-6-5-7-24(25)28)18-21-11-15-23(16-12-21)27(3)4/h9-16,24-25H,5-8,17-19H2,1-4H3. The molecule has 1 aliphatic carbocycles. The summed E-state index contributed by atoms with van der Waals surface area (Å²) in [4.78, 5) is 9.78. The van der Waals surface area contributed by atoms with Gasteiger partial charge in [0.1, 0.15) is 0 Å². The third kappa shape index (κ3) is 4.59. The SMILES string of the molecule is CN(C)c1ccc(CN2CN(Cc3ccc(N(C)C)cc3)C3CCCCC32)cc1. The van der Waals surface area contributed by atoms with Crippen LogP contribution in [-0.4, -0.2) is 56.7 Å². The largest absolute Gasteiger partial charge is 0.378 e. The van der Waals surface area contributed by atoms with Crippen LogP contribution in [0.25, 0.3) is 0 Å². The monoisotopic (exact) mass is 392 g/mol. The van der Waals surface area contributed by atoms with Crippen LogP contribution in [0.3, 0.4) is 0 Å². The number of anilines is 2. The maximum Gasteiger partial charge on any atom is 0.0519 e. The molecule has 0 radical (unpaired) electrons. The highest BCUT2D eigenvalue weighted by atomic mass is 15.4. The molecule has 2 atom stereocenters. The Bertz CT molecular complexity index is 714. The van der Waals surface area contributed by atoms with E-state index in [1.54, 1.807) is 0 Å². The van der Waals surface area contributed by atoms with Gasteiger partial charge in [0.2, 0.25) is 0 Å². The normalized spacial score (nSPS) is 22.5. The lowest BCUT2D eigenvalue weighted by Crippen LogP contribution is -2.39. The highest BCUT2D eigenvalue weighted by Crippen LogP contribution is 2.35. The Balaban J connectivity index is 1.45. The molecule has 0 bridgehead atoms. The first kappa shape index (κ1) is 20.2. The summed E-state index contributed by atoms with van der Waals surface area (Å²) in [6, 6.07) is 19.6. The lowest BCUT2D eigenvalue weighted by molar-refractivity contribution is 0.197. The van der Waals surface area contributed by atoms with Crippen molar-refractivity contribution >= 4 is 11.4 Å². The number of benzene rings is 2. The first-order chi connectivity index (χ1) is 14.0. The van der Waals surface area contributed by atoms with Crippen molar-refractivity contribution < 1.29 is 0 Å². The molecule has 0 N–H and O–H groups in total. The summed E-state index contributed by atoms with van der Waals surface area (Å²) in [7, 11) is 8.41. The fourth-order valence-electron chi connectivity index (χ4n) is 4.99. The molecule has 29 heavy (non-hydrogen) atoms. The zero-order valence-electron chi connectivity index (χ0n) is 18.5. The molecule has 0 aromatic heterocycles. The third-order valence-electron chi connectivity index (χ3n) is 6.67. The average molecular weight is 393 g/mol. The molecule has 2 aliphatic rings. The number of nitrogens with zero attached hydrogens (tertiary/aromatic N) is 4. The van der Waals surface area contributed by atoms with E-state index in [1.165, 1.54) is 48.2 Å². The van der Waals surface area contributed by atoms with Gasteiger partial charge in [0.05, 0.1) is 6.67 Å². The second kappa shape index (κ2) is 8.76. The summed E-state index contributed by atoms with van der Waals surface area (Å²) < 4.78 is 0. The van der Waals surface area contributed by atoms with Gasteiger partial charge in [-0.3, -0.25) is 9.80 Å². The first-order valence-corrected chi connectivity index (χ1v) is 11.0. The van der Waals surface area contributed by atoms with E-state index < -0.39 is 0 Å². The smallest absolute Gasteiger partial charge is 0.0519 e. The maximum absolute atomic E-state index is 2.72. The summed E-state index contributed by atoms with van der Waals surface area (Å²) in [6.45, 7) is 3.20. The van der Waals surface area contributed by atoms with Crippen LogP contribution in [0.2, 0.25) is 0 Å². The minimum Gasteiger partial charge on any atom is -0.378 e. The van der Waals surface area contributed by atoms with Crippen LogP contribution in [0.15, 0.2) is 48.5 Å². The average Bonchev–Trinajstić information content (AvgIpc) is 3.06. The maximum atomic E-state index is 2.72. The highest BCUT2D eigenvalue weighted by Gasteiger charge is 2.40. The molecule has 0 spiro atoms. The molecule has 2 aromatic rings. The summed E-state index contributed by atoms with van der Waals surface area (Å²) >= 11 is 0. The van der Waals surface area contributed by atoms with Crippen molar-refractivity contribution in [3.05, 3.63) is 59.7 Å². The molecule has 2 aromatic carbocycles. The molecule has 4 heteroatoms. The van der Waals surface area contributed by atoms with E-state index in [0.29, 0.717) is 12.1 Å². The van der Waals surface area contributed by atoms with Crippen LogP contribution >= 0.6 is 0 Å². The Labute approximate surface area is 176 Å². The van der Waals surface area contributed by atoms with Crippen LogP contribution in [0, 0.1) is 0 Å². The molecule has 2 unspecified atom stereocenters. The summed E-state index contributed by atoms with van der Waals surface area (Å²) in [6.07, 6.45) is 5.44. The molecule has 156 valence electrons. The van der Waals surface area contributed by atoms with Crippen LogP contribution in [0.1, 0.15) is 36.8 Å². The van der Waals surface area contributed by atoms with E-state index >= 15 is 0 Å². The minimum absolute atomic E-state index is 0.707. The van der Waals surface area contributed by atoms with Crippen LogP contribution in [0.4, 0.5) is 11.4 Å². The van der Waals surface area contributed by atoms with E-state index in [-0.39, 0.29) is 0 Å². The van der Waals surface area contributed by atoms with Crippen LogP contribution < -0.4 is 9.80 Å². The lowest BCUT2D eigenvalue weighted by atomic mass is 9.90. The first-order valence-electron chi connectivity index (χ1n) is 11.0. The lowest BCUT2D eigenvalue weighted by Gasteiger charge is -2.32. The fourth-order valence-corrected chi connectivity index (χ4v) is 4.99. The Morgan fingerprint density at radius 2 is 1.03 bits per heavy atom. The van der Waals surface area contributed by atoms with E-state index in [0.717, 1.165) is 19.8 Å². The van der Waals surface area contributed by atoms with Crippen molar-refractivity contribution in [3.63, 3.8) is 0 Å². The summed E-state index contributed by atoms with van der Waals surface area (Å²) in [5, 5.41) is 0. The molecule has 1 saturated carbocycles. The van der Waals surface area contributed by atoms with Gasteiger partial charge in [-0.15, -0.1) is 0 Å². The second-order valence-electron chi connectivity index (χ2n) is 9.18. The fraction of sp³-hybridized carbons (Fsp3) is 0.520. The van der Waals surface area contributed by atoms with E-state index in [9.17, 15) is 0 Å². The van der Waals surface area contributed by atoms with Crippen LogP contribution in [0.5, 0.6) is 0 Å². The van der Waals surface area contributed by atoms with E-state index in [2.05, 4.69) is 96.3 Å². The van der Waals surface area contributed by atoms with Gasteiger partial charge in [-0.25, -0.2) is 0 Å². The second-order valence-corrected chi connectivity index (χ2v) is 9.18. The Hall–Kier alpha value is -2.04. The Kier molecular flexibility index (Phi) is 6.12. The molecular weight excluding hydrogens is 356 g/mol. The number of hydrogen-bond acceptors (Lipinski definition) is 4. The Morgan fingerprint density at radius 1 is 0.655 bits per heavy atom. The molecule has 1 heterocycles. The van der Waals surface area contributed by atoms with Gasteiger partial charge >= 0.3 is 0 Å². The zero-order valence-corrected chi connectivity index (χ0v) is 18.5.